The van der Waals surface area contributed by atoms with Gasteiger partial charge in [-0.15, -0.1) is 0 Å². The first-order valence-corrected chi connectivity index (χ1v) is 9.64. The molecule has 0 saturated heterocycles. The molecule has 4 nitrogen and oxygen atoms in total. The Bertz CT molecular complexity index is 1020. The number of fused-ring (bicyclic) bond motifs is 2. The number of hydrogen-bond donors (Lipinski definition) is 0. The molecule has 2 heterocycles. The van der Waals surface area contributed by atoms with Crippen molar-refractivity contribution in [3.63, 3.8) is 0 Å². The van der Waals surface area contributed by atoms with Gasteiger partial charge >= 0.3 is 0 Å². The molecule has 0 aliphatic heterocycles. The number of unbranched alkanes of at least 4 members (excludes halogenated alkanes) is 1. The number of nitrogens with zero attached hydrogens (tertiary/aromatic N) is 2. The second-order valence-corrected chi connectivity index (χ2v) is 6.88. The fourth-order valence-electron chi connectivity index (χ4n) is 3.54. The first-order valence-electron chi connectivity index (χ1n) is 9.64. The van der Waals surface area contributed by atoms with Crippen molar-refractivity contribution in [2.24, 2.45) is 0 Å². The SMILES string of the molecule is COc1cccc2ccc(CCCCc3ccc4cccc(OC)c4n3)nc12. The minimum atomic E-state index is 0.827. The zero-order valence-electron chi connectivity index (χ0n) is 16.3. The first kappa shape index (κ1) is 18.2. The Labute approximate surface area is 165 Å². The van der Waals surface area contributed by atoms with Crippen molar-refractivity contribution in [2.45, 2.75) is 25.7 Å². The van der Waals surface area contributed by atoms with Gasteiger partial charge in [0.1, 0.15) is 22.5 Å². The monoisotopic (exact) mass is 372 g/mol. The van der Waals surface area contributed by atoms with E-state index >= 15 is 0 Å². The van der Waals surface area contributed by atoms with Gasteiger partial charge in [-0.1, -0.05) is 36.4 Å². The van der Waals surface area contributed by atoms with Gasteiger partial charge in [-0.05, 0) is 49.9 Å². The van der Waals surface area contributed by atoms with Crippen LogP contribution in [0, 0.1) is 0 Å². The molecule has 0 amide bonds. The number of hydrogen-bond acceptors (Lipinski definition) is 4. The summed E-state index contributed by atoms with van der Waals surface area (Å²) < 4.78 is 10.9. The molecule has 4 rings (SSSR count). The fraction of sp³-hybridized carbons (Fsp3) is 0.250. The quantitative estimate of drug-likeness (QED) is 0.409. The number of para-hydroxylation sites is 2. The number of benzene rings is 2. The van der Waals surface area contributed by atoms with Crippen molar-refractivity contribution in [3.05, 3.63) is 72.1 Å². The van der Waals surface area contributed by atoms with E-state index in [2.05, 4.69) is 36.4 Å². The zero-order valence-corrected chi connectivity index (χ0v) is 16.3. The highest BCUT2D eigenvalue weighted by Crippen LogP contribution is 2.25. The Morgan fingerprint density at radius 2 is 1.07 bits per heavy atom. The molecule has 0 spiro atoms. The summed E-state index contributed by atoms with van der Waals surface area (Å²) in [4.78, 5) is 9.59. The third-order valence-electron chi connectivity index (χ3n) is 5.04. The highest BCUT2D eigenvalue weighted by atomic mass is 16.5. The maximum atomic E-state index is 5.44. The molecule has 2 aromatic carbocycles. The molecule has 0 unspecified atom stereocenters. The summed E-state index contributed by atoms with van der Waals surface area (Å²) in [5.41, 5.74) is 4.08. The molecule has 2 aromatic heterocycles. The van der Waals surface area contributed by atoms with E-state index in [4.69, 9.17) is 19.4 Å². The van der Waals surface area contributed by atoms with Gasteiger partial charge in [-0.3, -0.25) is 0 Å². The minimum absolute atomic E-state index is 0.827. The third-order valence-corrected chi connectivity index (χ3v) is 5.04. The normalized spacial score (nSPS) is 11.1. The topological polar surface area (TPSA) is 44.2 Å². The molecule has 28 heavy (non-hydrogen) atoms. The molecule has 0 fully saturated rings. The highest BCUT2D eigenvalue weighted by Gasteiger charge is 2.06. The molecule has 0 saturated carbocycles. The van der Waals surface area contributed by atoms with Crippen LogP contribution in [0.4, 0.5) is 0 Å². The molecule has 0 bridgehead atoms. The average Bonchev–Trinajstić information content (AvgIpc) is 2.75. The smallest absolute Gasteiger partial charge is 0.145 e. The van der Waals surface area contributed by atoms with Crippen molar-refractivity contribution in [2.75, 3.05) is 14.2 Å². The molecule has 0 atom stereocenters. The van der Waals surface area contributed by atoms with Crippen LogP contribution >= 0.6 is 0 Å². The number of aryl methyl sites for hydroxylation is 2. The predicted molar refractivity (Wildman–Crippen MR) is 113 cm³/mol. The van der Waals surface area contributed by atoms with Gasteiger partial charge in [0.2, 0.25) is 0 Å². The Morgan fingerprint density at radius 1 is 0.607 bits per heavy atom. The Kier molecular flexibility index (Phi) is 5.38. The molecule has 0 radical (unpaired) electrons. The maximum Gasteiger partial charge on any atom is 0.145 e. The second kappa shape index (κ2) is 8.26. The van der Waals surface area contributed by atoms with Gasteiger partial charge < -0.3 is 9.47 Å². The van der Waals surface area contributed by atoms with Crippen molar-refractivity contribution >= 4 is 21.8 Å². The lowest BCUT2D eigenvalue weighted by Gasteiger charge is -2.08. The number of pyridine rings is 2. The van der Waals surface area contributed by atoms with Gasteiger partial charge in [0.15, 0.2) is 0 Å². The van der Waals surface area contributed by atoms with Crippen molar-refractivity contribution in [1.82, 2.24) is 9.97 Å². The van der Waals surface area contributed by atoms with Crippen LogP contribution in [-0.4, -0.2) is 24.2 Å². The van der Waals surface area contributed by atoms with E-state index in [1.807, 2.05) is 24.3 Å². The van der Waals surface area contributed by atoms with Crippen LogP contribution in [0.2, 0.25) is 0 Å². The van der Waals surface area contributed by atoms with Crippen LogP contribution in [0.5, 0.6) is 11.5 Å². The van der Waals surface area contributed by atoms with Crippen molar-refractivity contribution < 1.29 is 9.47 Å². The number of rotatable bonds is 7. The average molecular weight is 372 g/mol. The maximum absolute atomic E-state index is 5.44. The zero-order chi connectivity index (χ0) is 19.3. The Hall–Kier alpha value is -3.14. The second-order valence-electron chi connectivity index (χ2n) is 6.88. The van der Waals surface area contributed by atoms with E-state index in [-0.39, 0.29) is 0 Å². The summed E-state index contributed by atoms with van der Waals surface area (Å²) in [6.07, 6.45) is 4.04. The molecule has 0 aliphatic carbocycles. The van der Waals surface area contributed by atoms with Gasteiger partial charge in [0, 0.05) is 22.2 Å². The lowest BCUT2D eigenvalue weighted by molar-refractivity contribution is 0.418. The van der Waals surface area contributed by atoms with Gasteiger partial charge in [0.05, 0.1) is 14.2 Å². The van der Waals surface area contributed by atoms with Crippen molar-refractivity contribution in [1.29, 1.82) is 0 Å². The van der Waals surface area contributed by atoms with E-state index in [1.165, 1.54) is 0 Å². The molecular formula is C24H24N2O2. The summed E-state index contributed by atoms with van der Waals surface area (Å²) in [5.74, 6) is 1.65. The summed E-state index contributed by atoms with van der Waals surface area (Å²) >= 11 is 0. The summed E-state index contributed by atoms with van der Waals surface area (Å²) in [7, 11) is 3.38. The van der Waals surface area contributed by atoms with Gasteiger partial charge in [-0.2, -0.15) is 0 Å². The van der Waals surface area contributed by atoms with Crippen LogP contribution in [0.1, 0.15) is 24.2 Å². The third kappa shape index (κ3) is 3.77. The number of methoxy groups -OCH3 is 2. The van der Waals surface area contributed by atoms with E-state index < -0.39 is 0 Å². The highest BCUT2D eigenvalue weighted by molar-refractivity contribution is 5.85. The lowest BCUT2D eigenvalue weighted by atomic mass is 10.1. The molecule has 4 aromatic rings. The van der Waals surface area contributed by atoms with Crippen molar-refractivity contribution in [3.8, 4) is 11.5 Å². The van der Waals surface area contributed by atoms with Crippen LogP contribution < -0.4 is 9.47 Å². The lowest BCUT2D eigenvalue weighted by Crippen LogP contribution is -1.96. The van der Waals surface area contributed by atoms with E-state index in [9.17, 15) is 0 Å². The molecule has 0 N–H and O–H groups in total. The van der Waals surface area contributed by atoms with E-state index in [0.717, 1.165) is 70.4 Å². The fourth-order valence-corrected chi connectivity index (χ4v) is 3.54. The van der Waals surface area contributed by atoms with Crippen LogP contribution in [0.15, 0.2) is 60.7 Å². The van der Waals surface area contributed by atoms with E-state index in [0.29, 0.717) is 0 Å². The summed E-state index contributed by atoms with van der Waals surface area (Å²) in [6.45, 7) is 0. The first-order chi connectivity index (χ1) is 13.8. The number of aromatic nitrogens is 2. The van der Waals surface area contributed by atoms with Crippen LogP contribution in [0.25, 0.3) is 21.8 Å². The summed E-state index contributed by atoms with van der Waals surface area (Å²) in [5, 5.41) is 2.22. The number of ether oxygens (including phenoxy) is 2. The van der Waals surface area contributed by atoms with E-state index in [1.54, 1.807) is 14.2 Å². The summed E-state index contributed by atoms with van der Waals surface area (Å²) in [6, 6.07) is 20.5. The predicted octanol–water partition coefficient (Wildman–Crippen LogP) is 5.37. The largest absolute Gasteiger partial charge is 0.494 e. The Balaban J connectivity index is 1.41. The molecular weight excluding hydrogens is 348 g/mol. The minimum Gasteiger partial charge on any atom is -0.494 e. The molecule has 0 aliphatic rings. The van der Waals surface area contributed by atoms with Crippen LogP contribution in [-0.2, 0) is 12.8 Å². The standard InChI is InChI=1S/C24H24N2O2/c1-27-21-11-5-7-17-13-15-19(25-23(17)21)9-3-4-10-20-16-14-18-8-6-12-22(28-2)24(18)26-20/h5-8,11-16H,3-4,9-10H2,1-2H3. The molecule has 4 heteroatoms. The van der Waals surface area contributed by atoms with Crippen LogP contribution in [0.3, 0.4) is 0 Å². The van der Waals surface area contributed by atoms with Gasteiger partial charge in [-0.25, -0.2) is 9.97 Å². The van der Waals surface area contributed by atoms with Gasteiger partial charge in [0.25, 0.3) is 0 Å². The molecule has 142 valence electrons. The Morgan fingerprint density at radius 3 is 1.50 bits per heavy atom.